The number of aryl methyl sites for hydroxylation is 1. The first kappa shape index (κ1) is 14.0. The Kier molecular flexibility index (Phi) is 3.60. The van der Waals surface area contributed by atoms with Gasteiger partial charge in [0.1, 0.15) is 0 Å². The van der Waals surface area contributed by atoms with E-state index >= 15 is 0 Å². The standard InChI is InChI=1S/C14H10BrN3O2S/c1-7-5-8-10(6-9(7)15)16-14(20)12(8)17-18-13(19)11-3-2-4-21-11/h2-6,16,20H,1H3. The van der Waals surface area contributed by atoms with Crippen LogP contribution in [0.2, 0.25) is 0 Å². The molecule has 0 bridgehead atoms. The van der Waals surface area contributed by atoms with Crippen molar-refractivity contribution in [3.05, 3.63) is 44.6 Å². The van der Waals surface area contributed by atoms with E-state index in [1.807, 2.05) is 19.1 Å². The number of aromatic nitrogens is 1. The summed E-state index contributed by atoms with van der Waals surface area (Å²) in [5, 5.41) is 20.0. The van der Waals surface area contributed by atoms with Crippen molar-refractivity contribution in [2.24, 2.45) is 10.2 Å². The van der Waals surface area contributed by atoms with Gasteiger partial charge < -0.3 is 10.1 Å². The van der Waals surface area contributed by atoms with Crippen molar-refractivity contribution in [2.75, 3.05) is 0 Å². The summed E-state index contributed by atoms with van der Waals surface area (Å²) in [4.78, 5) is 15.1. The number of carbonyl (C=O) groups excluding carboxylic acids is 1. The number of nitrogens with one attached hydrogen (secondary N) is 1. The van der Waals surface area contributed by atoms with Gasteiger partial charge in [0.05, 0.1) is 10.4 Å². The van der Waals surface area contributed by atoms with E-state index in [-0.39, 0.29) is 11.6 Å². The van der Waals surface area contributed by atoms with Crippen molar-refractivity contribution >= 4 is 49.8 Å². The van der Waals surface area contributed by atoms with Gasteiger partial charge in [-0.15, -0.1) is 21.6 Å². The average Bonchev–Trinajstić information content (AvgIpc) is 3.06. The number of aromatic hydroxyl groups is 1. The number of carbonyl (C=O) groups is 1. The Labute approximate surface area is 132 Å². The Morgan fingerprint density at radius 1 is 1.43 bits per heavy atom. The molecule has 2 N–H and O–H groups in total. The summed E-state index contributed by atoms with van der Waals surface area (Å²) in [5.41, 5.74) is 2.00. The molecule has 7 heteroatoms. The Balaban J connectivity index is 2.02. The van der Waals surface area contributed by atoms with Crippen molar-refractivity contribution in [3.8, 4) is 5.88 Å². The van der Waals surface area contributed by atoms with Crippen LogP contribution in [-0.4, -0.2) is 16.0 Å². The zero-order valence-corrected chi connectivity index (χ0v) is 13.3. The Hall–Kier alpha value is -1.99. The van der Waals surface area contributed by atoms with Crippen LogP contribution >= 0.6 is 27.3 Å². The van der Waals surface area contributed by atoms with E-state index in [2.05, 4.69) is 31.1 Å². The minimum absolute atomic E-state index is 0.106. The van der Waals surface area contributed by atoms with Gasteiger partial charge in [0, 0.05) is 9.86 Å². The van der Waals surface area contributed by atoms with E-state index in [0.29, 0.717) is 4.88 Å². The summed E-state index contributed by atoms with van der Waals surface area (Å²) in [6.07, 6.45) is 0. The second-order valence-corrected chi connectivity index (χ2v) is 6.25. The molecule has 5 nitrogen and oxygen atoms in total. The first-order valence-electron chi connectivity index (χ1n) is 6.06. The number of halogens is 1. The largest absolute Gasteiger partial charge is 0.493 e. The number of thiophene rings is 1. The topological polar surface area (TPSA) is 77.8 Å². The number of hydrogen-bond acceptors (Lipinski definition) is 4. The van der Waals surface area contributed by atoms with E-state index in [4.69, 9.17) is 0 Å². The van der Waals surface area contributed by atoms with Crippen LogP contribution in [0.15, 0.2) is 44.3 Å². The fraction of sp³-hybridized carbons (Fsp3) is 0.0714. The molecule has 0 aliphatic rings. The highest BCUT2D eigenvalue weighted by molar-refractivity contribution is 9.10. The number of fused-ring (bicyclic) bond motifs is 1. The molecular weight excluding hydrogens is 354 g/mol. The molecule has 2 aromatic heterocycles. The van der Waals surface area contributed by atoms with Gasteiger partial charge in [-0.3, -0.25) is 4.79 Å². The van der Waals surface area contributed by atoms with Crippen LogP contribution in [0.25, 0.3) is 10.9 Å². The molecule has 0 aliphatic carbocycles. The van der Waals surface area contributed by atoms with Crippen LogP contribution in [0.5, 0.6) is 5.88 Å². The number of nitrogens with zero attached hydrogens (tertiary/aromatic N) is 2. The van der Waals surface area contributed by atoms with Gasteiger partial charge in [-0.1, -0.05) is 22.0 Å². The predicted octanol–water partition coefficient (Wildman–Crippen LogP) is 4.93. The highest BCUT2D eigenvalue weighted by atomic mass is 79.9. The SMILES string of the molecule is Cc1cc2c(N=NC(=O)c3cccs3)c(O)[nH]c2cc1Br. The van der Waals surface area contributed by atoms with Gasteiger partial charge in [0.2, 0.25) is 5.88 Å². The van der Waals surface area contributed by atoms with E-state index in [1.54, 1.807) is 17.5 Å². The number of rotatable bonds is 2. The monoisotopic (exact) mass is 363 g/mol. The maximum atomic E-state index is 11.8. The third kappa shape index (κ3) is 2.62. The van der Waals surface area contributed by atoms with E-state index in [0.717, 1.165) is 20.9 Å². The molecule has 0 spiro atoms. The molecule has 0 unspecified atom stereocenters. The molecule has 21 heavy (non-hydrogen) atoms. The fourth-order valence-corrected chi connectivity index (χ4v) is 2.89. The van der Waals surface area contributed by atoms with Crippen LogP contribution in [-0.2, 0) is 0 Å². The lowest BCUT2D eigenvalue weighted by Crippen LogP contribution is -1.87. The second-order valence-electron chi connectivity index (χ2n) is 4.45. The summed E-state index contributed by atoms with van der Waals surface area (Å²) in [5.74, 6) is -0.530. The average molecular weight is 364 g/mol. The van der Waals surface area contributed by atoms with Gasteiger partial charge in [-0.2, -0.15) is 0 Å². The summed E-state index contributed by atoms with van der Waals surface area (Å²) in [6.45, 7) is 1.94. The Morgan fingerprint density at radius 3 is 2.95 bits per heavy atom. The maximum absolute atomic E-state index is 11.8. The third-order valence-electron chi connectivity index (χ3n) is 3.00. The van der Waals surface area contributed by atoms with E-state index < -0.39 is 5.91 Å². The van der Waals surface area contributed by atoms with Gasteiger partial charge in [-0.25, -0.2) is 0 Å². The molecule has 0 radical (unpaired) electrons. The number of benzene rings is 1. The molecule has 0 saturated carbocycles. The smallest absolute Gasteiger partial charge is 0.305 e. The normalized spacial score (nSPS) is 11.5. The fourth-order valence-electron chi connectivity index (χ4n) is 1.94. The second kappa shape index (κ2) is 5.42. The zero-order chi connectivity index (χ0) is 15.0. The van der Waals surface area contributed by atoms with Crippen molar-refractivity contribution in [3.63, 3.8) is 0 Å². The molecule has 0 aliphatic heterocycles. The lowest BCUT2D eigenvalue weighted by Gasteiger charge is -1.98. The summed E-state index contributed by atoms with van der Waals surface area (Å²) < 4.78 is 0.925. The molecule has 106 valence electrons. The van der Waals surface area contributed by atoms with Crippen LogP contribution in [0.4, 0.5) is 5.69 Å². The van der Waals surface area contributed by atoms with Crippen LogP contribution in [0.3, 0.4) is 0 Å². The number of amides is 1. The van der Waals surface area contributed by atoms with Gasteiger partial charge >= 0.3 is 5.91 Å². The number of H-pyrrole nitrogens is 1. The minimum atomic E-state index is -0.424. The summed E-state index contributed by atoms with van der Waals surface area (Å²) >= 11 is 4.73. The van der Waals surface area contributed by atoms with Crippen molar-refractivity contribution in [1.29, 1.82) is 0 Å². The predicted molar refractivity (Wildman–Crippen MR) is 85.6 cm³/mol. The zero-order valence-electron chi connectivity index (χ0n) is 10.9. The van der Waals surface area contributed by atoms with Crippen molar-refractivity contribution in [1.82, 2.24) is 4.98 Å². The Bertz CT molecular complexity index is 853. The van der Waals surface area contributed by atoms with E-state index in [1.165, 1.54) is 11.3 Å². The van der Waals surface area contributed by atoms with Crippen molar-refractivity contribution < 1.29 is 9.90 Å². The number of azo groups is 1. The highest BCUT2D eigenvalue weighted by Gasteiger charge is 2.13. The third-order valence-corrected chi connectivity index (χ3v) is 4.72. The Morgan fingerprint density at radius 2 is 2.24 bits per heavy atom. The van der Waals surface area contributed by atoms with Crippen molar-refractivity contribution in [2.45, 2.75) is 6.92 Å². The minimum Gasteiger partial charge on any atom is -0.493 e. The van der Waals surface area contributed by atoms with Crippen LogP contribution < -0.4 is 0 Å². The molecule has 0 fully saturated rings. The highest BCUT2D eigenvalue weighted by Crippen LogP contribution is 2.37. The molecule has 2 heterocycles. The molecular formula is C14H10BrN3O2S. The molecule has 0 atom stereocenters. The first-order chi connectivity index (χ1) is 10.1. The lowest BCUT2D eigenvalue weighted by atomic mass is 10.1. The first-order valence-corrected chi connectivity index (χ1v) is 7.74. The maximum Gasteiger partial charge on any atom is 0.305 e. The number of aromatic amines is 1. The quantitative estimate of drug-likeness (QED) is 0.633. The molecule has 3 rings (SSSR count). The summed E-state index contributed by atoms with van der Waals surface area (Å²) in [7, 11) is 0. The number of hydrogen-bond donors (Lipinski definition) is 2. The molecule has 1 amide bonds. The molecule has 3 aromatic rings. The van der Waals surface area contributed by atoms with Gasteiger partial charge in [0.15, 0.2) is 5.69 Å². The molecule has 0 saturated heterocycles. The summed E-state index contributed by atoms with van der Waals surface area (Å²) in [6, 6.07) is 7.18. The molecule has 1 aromatic carbocycles. The van der Waals surface area contributed by atoms with Gasteiger partial charge in [-0.05, 0) is 36.1 Å². The lowest BCUT2D eigenvalue weighted by molar-refractivity contribution is 0.0999. The van der Waals surface area contributed by atoms with E-state index in [9.17, 15) is 9.90 Å². The van der Waals surface area contributed by atoms with Gasteiger partial charge in [0.25, 0.3) is 0 Å². The van der Waals surface area contributed by atoms with Crippen LogP contribution in [0, 0.1) is 6.92 Å². The van der Waals surface area contributed by atoms with Crippen LogP contribution in [0.1, 0.15) is 15.2 Å².